The van der Waals surface area contributed by atoms with Crippen molar-refractivity contribution < 1.29 is 9.53 Å². The average molecular weight is 270 g/mol. The first kappa shape index (κ1) is 15.0. The van der Waals surface area contributed by atoms with E-state index in [-0.39, 0.29) is 5.97 Å². The van der Waals surface area contributed by atoms with Crippen LogP contribution in [-0.4, -0.2) is 30.1 Å². The molecule has 0 aliphatic heterocycles. The van der Waals surface area contributed by atoms with E-state index in [1.54, 1.807) is 0 Å². The van der Waals surface area contributed by atoms with Crippen LogP contribution < -0.4 is 0 Å². The number of esters is 1. The zero-order chi connectivity index (χ0) is 13.8. The number of rotatable bonds is 5. The Morgan fingerprint density at radius 1 is 1.39 bits per heavy atom. The Morgan fingerprint density at radius 3 is 2.56 bits per heavy atom. The fourth-order valence-electron chi connectivity index (χ4n) is 1.54. The molecule has 1 aromatic rings. The standard InChI is InChI=1S/C14H20ClNO2/c1-5-18-13(17)14(2,3)16(4)10-11-8-6-7-9-12(11)15/h6-9H,5,10H2,1-4H3. The van der Waals surface area contributed by atoms with Crippen LogP contribution in [0.1, 0.15) is 26.3 Å². The molecule has 0 saturated heterocycles. The van der Waals surface area contributed by atoms with Gasteiger partial charge in [-0.2, -0.15) is 0 Å². The minimum Gasteiger partial charge on any atom is -0.465 e. The van der Waals surface area contributed by atoms with Gasteiger partial charge in [0.15, 0.2) is 0 Å². The molecule has 0 bridgehead atoms. The molecule has 1 rings (SSSR count). The van der Waals surface area contributed by atoms with Crippen LogP contribution in [0.3, 0.4) is 0 Å². The van der Waals surface area contributed by atoms with Gasteiger partial charge in [0.05, 0.1) is 6.61 Å². The van der Waals surface area contributed by atoms with Crippen LogP contribution in [0.25, 0.3) is 0 Å². The highest BCUT2D eigenvalue weighted by Crippen LogP contribution is 2.22. The van der Waals surface area contributed by atoms with Crippen LogP contribution in [0, 0.1) is 0 Å². The van der Waals surface area contributed by atoms with Gasteiger partial charge in [-0.1, -0.05) is 29.8 Å². The predicted octanol–water partition coefficient (Wildman–Crippen LogP) is 3.11. The third-order valence-electron chi connectivity index (χ3n) is 3.09. The molecule has 4 heteroatoms. The largest absolute Gasteiger partial charge is 0.465 e. The van der Waals surface area contributed by atoms with Crippen molar-refractivity contribution in [1.29, 1.82) is 0 Å². The Labute approximate surface area is 114 Å². The third-order valence-corrected chi connectivity index (χ3v) is 3.46. The Bertz CT molecular complexity index is 418. The first-order valence-corrected chi connectivity index (χ1v) is 6.39. The van der Waals surface area contributed by atoms with Crippen molar-refractivity contribution in [2.45, 2.75) is 32.9 Å². The van der Waals surface area contributed by atoms with E-state index in [2.05, 4.69) is 0 Å². The topological polar surface area (TPSA) is 29.5 Å². The molecule has 0 amide bonds. The summed E-state index contributed by atoms with van der Waals surface area (Å²) in [5, 5.41) is 0.712. The summed E-state index contributed by atoms with van der Waals surface area (Å²) in [6.45, 7) is 6.50. The van der Waals surface area contributed by atoms with E-state index < -0.39 is 5.54 Å². The van der Waals surface area contributed by atoms with Crippen molar-refractivity contribution >= 4 is 17.6 Å². The van der Waals surface area contributed by atoms with Crippen molar-refractivity contribution in [3.8, 4) is 0 Å². The van der Waals surface area contributed by atoms with Crippen LogP contribution in [0.2, 0.25) is 5.02 Å². The van der Waals surface area contributed by atoms with E-state index in [0.717, 1.165) is 5.56 Å². The van der Waals surface area contributed by atoms with Gasteiger partial charge in [0.25, 0.3) is 0 Å². The highest BCUT2D eigenvalue weighted by molar-refractivity contribution is 6.31. The van der Waals surface area contributed by atoms with Crippen molar-refractivity contribution in [2.24, 2.45) is 0 Å². The van der Waals surface area contributed by atoms with Gasteiger partial charge in [-0.15, -0.1) is 0 Å². The Kier molecular flexibility index (Phi) is 5.17. The van der Waals surface area contributed by atoms with Gasteiger partial charge in [0, 0.05) is 11.6 Å². The van der Waals surface area contributed by atoms with E-state index >= 15 is 0 Å². The predicted molar refractivity (Wildman–Crippen MR) is 73.6 cm³/mol. The van der Waals surface area contributed by atoms with Crippen molar-refractivity contribution in [3.05, 3.63) is 34.9 Å². The molecule has 1 aromatic carbocycles. The Balaban J connectivity index is 2.79. The molecular formula is C14H20ClNO2. The summed E-state index contributed by atoms with van der Waals surface area (Å²) in [5.41, 5.74) is 0.328. The fraction of sp³-hybridized carbons (Fsp3) is 0.500. The molecule has 3 nitrogen and oxygen atoms in total. The van der Waals surface area contributed by atoms with Crippen molar-refractivity contribution in [2.75, 3.05) is 13.7 Å². The molecule has 0 spiro atoms. The van der Waals surface area contributed by atoms with Gasteiger partial charge in [-0.3, -0.25) is 9.69 Å². The average Bonchev–Trinajstić information content (AvgIpc) is 2.32. The van der Waals surface area contributed by atoms with Crippen molar-refractivity contribution in [3.63, 3.8) is 0 Å². The third kappa shape index (κ3) is 3.47. The molecule has 0 saturated carbocycles. The number of benzene rings is 1. The van der Waals surface area contributed by atoms with Crippen LogP contribution in [0.15, 0.2) is 24.3 Å². The maximum absolute atomic E-state index is 11.9. The number of hydrogen-bond donors (Lipinski definition) is 0. The minimum atomic E-state index is -0.671. The second-order valence-corrected chi connectivity index (χ2v) is 5.13. The summed E-state index contributed by atoms with van der Waals surface area (Å²) >= 11 is 6.12. The van der Waals surface area contributed by atoms with Gasteiger partial charge < -0.3 is 4.74 Å². The summed E-state index contributed by atoms with van der Waals surface area (Å²) in [5.74, 6) is -0.223. The molecule has 18 heavy (non-hydrogen) atoms. The van der Waals surface area contributed by atoms with Gasteiger partial charge in [0.1, 0.15) is 5.54 Å². The second kappa shape index (κ2) is 6.21. The van der Waals surface area contributed by atoms with Gasteiger partial charge in [-0.05, 0) is 39.4 Å². The Hall–Kier alpha value is -1.06. The van der Waals surface area contributed by atoms with Gasteiger partial charge in [0.2, 0.25) is 0 Å². The second-order valence-electron chi connectivity index (χ2n) is 4.73. The first-order valence-electron chi connectivity index (χ1n) is 6.01. The molecule has 0 unspecified atom stereocenters. The molecule has 0 heterocycles. The molecule has 100 valence electrons. The number of likely N-dealkylation sites (N-methyl/N-ethyl adjacent to an activating group) is 1. The highest BCUT2D eigenvalue weighted by Gasteiger charge is 2.33. The summed E-state index contributed by atoms with van der Waals surface area (Å²) in [6, 6.07) is 7.64. The normalized spacial score (nSPS) is 11.7. The summed E-state index contributed by atoms with van der Waals surface area (Å²) in [6.07, 6.45) is 0. The SMILES string of the molecule is CCOC(=O)C(C)(C)N(C)Cc1ccccc1Cl. The van der Waals surface area contributed by atoms with E-state index in [1.807, 2.05) is 57.0 Å². The number of halogens is 1. The molecule has 0 radical (unpaired) electrons. The van der Waals surface area contributed by atoms with Crippen LogP contribution in [-0.2, 0) is 16.1 Å². The fourth-order valence-corrected chi connectivity index (χ4v) is 1.74. The van der Waals surface area contributed by atoms with Crippen LogP contribution in [0.4, 0.5) is 0 Å². The Morgan fingerprint density at radius 2 is 2.00 bits per heavy atom. The van der Waals surface area contributed by atoms with E-state index in [1.165, 1.54) is 0 Å². The molecule has 0 aliphatic carbocycles. The summed E-state index contributed by atoms with van der Waals surface area (Å²) in [7, 11) is 1.89. The molecule has 0 fully saturated rings. The van der Waals surface area contributed by atoms with Gasteiger partial charge in [-0.25, -0.2) is 0 Å². The van der Waals surface area contributed by atoms with Crippen LogP contribution >= 0.6 is 11.6 Å². The lowest BCUT2D eigenvalue weighted by Gasteiger charge is -2.33. The zero-order valence-electron chi connectivity index (χ0n) is 11.4. The van der Waals surface area contributed by atoms with E-state index in [9.17, 15) is 4.79 Å². The van der Waals surface area contributed by atoms with Crippen LogP contribution in [0.5, 0.6) is 0 Å². The maximum atomic E-state index is 11.9. The molecule has 0 atom stereocenters. The molecule has 0 aliphatic rings. The smallest absolute Gasteiger partial charge is 0.325 e. The molecule has 0 N–H and O–H groups in total. The monoisotopic (exact) mass is 269 g/mol. The van der Waals surface area contributed by atoms with Crippen molar-refractivity contribution in [1.82, 2.24) is 4.90 Å². The number of nitrogens with zero attached hydrogens (tertiary/aromatic N) is 1. The lowest BCUT2D eigenvalue weighted by molar-refractivity contribution is -0.155. The van der Waals surface area contributed by atoms with E-state index in [0.29, 0.717) is 18.2 Å². The molecular weight excluding hydrogens is 250 g/mol. The lowest BCUT2D eigenvalue weighted by Crippen LogP contribution is -2.48. The molecule has 0 aromatic heterocycles. The minimum absolute atomic E-state index is 0.223. The maximum Gasteiger partial charge on any atom is 0.325 e. The highest BCUT2D eigenvalue weighted by atomic mass is 35.5. The number of ether oxygens (including phenoxy) is 1. The number of hydrogen-bond acceptors (Lipinski definition) is 3. The zero-order valence-corrected chi connectivity index (χ0v) is 12.1. The summed E-state index contributed by atoms with van der Waals surface area (Å²) in [4.78, 5) is 13.8. The first-order chi connectivity index (χ1) is 8.39. The number of carbonyl (C=O) groups excluding carboxylic acids is 1. The van der Waals surface area contributed by atoms with Gasteiger partial charge >= 0.3 is 5.97 Å². The lowest BCUT2D eigenvalue weighted by atomic mass is 10.0. The summed E-state index contributed by atoms with van der Waals surface area (Å²) < 4.78 is 5.08. The number of carbonyl (C=O) groups is 1. The van der Waals surface area contributed by atoms with E-state index in [4.69, 9.17) is 16.3 Å². The quantitative estimate of drug-likeness (QED) is 0.770.